The summed E-state index contributed by atoms with van der Waals surface area (Å²) >= 11 is 1.60. The summed E-state index contributed by atoms with van der Waals surface area (Å²) in [4.78, 5) is 16.3. The average Bonchev–Trinajstić information content (AvgIpc) is 3.07. The quantitative estimate of drug-likeness (QED) is 0.387. The fourth-order valence-electron chi connectivity index (χ4n) is 3.07. The highest BCUT2D eigenvalue weighted by molar-refractivity contribution is 7.07. The summed E-state index contributed by atoms with van der Waals surface area (Å²) < 4.78 is 2.25. The maximum Gasteiger partial charge on any atom is 0.269 e. The lowest BCUT2D eigenvalue weighted by Crippen LogP contribution is -2.19. The monoisotopic (exact) mass is 381 g/mol. The second-order valence-corrected chi connectivity index (χ2v) is 7.50. The lowest BCUT2D eigenvalue weighted by atomic mass is 10.1. The summed E-state index contributed by atoms with van der Waals surface area (Å²) in [7, 11) is 0. The van der Waals surface area contributed by atoms with Crippen molar-refractivity contribution in [2.75, 3.05) is 0 Å². The number of hydrogen-bond acceptors (Lipinski definition) is 4. The van der Waals surface area contributed by atoms with Gasteiger partial charge in [-0.15, -0.1) is 11.3 Å². The van der Waals surface area contributed by atoms with Crippen LogP contribution < -0.4 is 4.80 Å². The number of non-ortho nitro benzene ring substituents is 1. The summed E-state index contributed by atoms with van der Waals surface area (Å²) in [5, 5.41) is 13.0. The van der Waals surface area contributed by atoms with Gasteiger partial charge < -0.3 is 4.57 Å². The molecule has 0 bridgehead atoms. The molecule has 1 aromatic heterocycles. The molecule has 3 rings (SSSR count). The lowest BCUT2D eigenvalue weighted by molar-refractivity contribution is -0.384. The summed E-state index contributed by atoms with van der Waals surface area (Å²) in [6, 6.07) is 15.2. The molecule has 0 aliphatic rings. The van der Waals surface area contributed by atoms with Gasteiger partial charge in [-0.2, -0.15) is 0 Å². The van der Waals surface area contributed by atoms with E-state index >= 15 is 0 Å². The normalized spacial score (nSPS) is 12.9. The highest BCUT2D eigenvalue weighted by Gasteiger charge is 2.15. The number of aromatic nitrogens is 1. The van der Waals surface area contributed by atoms with Gasteiger partial charge in [-0.05, 0) is 50.1 Å². The van der Waals surface area contributed by atoms with Gasteiger partial charge in [0, 0.05) is 23.6 Å². The minimum atomic E-state index is -0.372. The molecule has 3 aromatic rings. The molecule has 0 spiro atoms. The van der Waals surface area contributed by atoms with E-state index in [9.17, 15) is 10.1 Å². The second-order valence-electron chi connectivity index (χ2n) is 6.66. The van der Waals surface area contributed by atoms with Crippen LogP contribution in [0.5, 0.6) is 0 Å². The van der Waals surface area contributed by atoms with Gasteiger partial charge in [-0.25, -0.2) is 4.99 Å². The van der Waals surface area contributed by atoms with Crippen LogP contribution in [0.25, 0.3) is 11.3 Å². The van der Waals surface area contributed by atoms with Crippen LogP contribution in [-0.2, 0) is 0 Å². The van der Waals surface area contributed by atoms with E-state index in [1.54, 1.807) is 23.5 Å². The third kappa shape index (κ3) is 4.34. The predicted octanol–water partition coefficient (Wildman–Crippen LogP) is 6.03. The fourth-order valence-corrected chi connectivity index (χ4v) is 4.09. The van der Waals surface area contributed by atoms with Crippen molar-refractivity contribution in [1.29, 1.82) is 0 Å². The zero-order valence-corrected chi connectivity index (χ0v) is 16.6. The largest absolute Gasteiger partial charge is 0.314 e. The molecular weight excluding hydrogens is 358 g/mol. The van der Waals surface area contributed by atoms with E-state index in [0.717, 1.165) is 34.6 Å². The van der Waals surface area contributed by atoms with Crippen molar-refractivity contribution < 1.29 is 4.92 Å². The van der Waals surface area contributed by atoms with Crippen LogP contribution in [0.1, 0.15) is 38.3 Å². The van der Waals surface area contributed by atoms with Crippen LogP contribution in [0, 0.1) is 17.0 Å². The lowest BCUT2D eigenvalue weighted by Gasteiger charge is -2.16. The maximum atomic E-state index is 10.9. The Bertz CT molecular complexity index is 986. The minimum Gasteiger partial charge on any atom is -0.314 e. The molecule has 2 aromatic carbocycles. The smallest absolute Gasteiger partial charge is 0.269 e. The second kappa shape index (κ2) is 8.31. The first-order valence-electron chi connectivity index (χ1n) is 9.06. The predicted molar refractivity (Wildman–Crippen MR) is 110 cm³/mol. The van der Waals surface area contributed by atoms with Gasteiger partial charge in [-0.3, -0.25) is 10.1 Å². The van der Waals surface area contributed by atoms with Crippen LogP contribution in [0.15, 0.2) is 58.9 Å². The third-order valence-corrected chi connectivity index (χ3v) is 5.36. The van der Waals surface area contributed by atoms with Crippen LogP contribution in [-0.4, -0.2) is 9.49 Å². The van der Waals surface area contributed by atoms with E-state index in [1.165, 1.54) is 5.56 Å². The molecule has 0 aliphatic carbocycles. The molecule has 0 saturated carbocycles. The van der Waals surface area contributed by atoms with Gasteiger partial charge in [0.25, 0.3) is 5.69 Å². The summed E-state index contributed by atoms with van der Waals surface area (Å²) in [6.07, 6.45) is 2.12. The molecule has 140 valence electrons. The third-order valence-electron chi connectivity index (χ3n) is 4.52. The van der Waals surface area contributed by atoms with Crippen LogP contribution in [0.3, 0.4) is 0 Å². The van der Waals surface area contributed by atoms with E-state index < -0.39 is 0 Å². The van der Waals surface area contributed by atoms with Crippen molar-refractivity contribution in [3.8, 4) is 11.3 Å². The number of aryl methyl sites for hydroxylation is 1. The Morgan fingerprint density at radius 2 is 1.81 bits per heavy atom. The molecule has 0 aliphatic heterocycles. The molecule has 0 radical (unpaired) electrons. The number of rotatable bonds is 6. The Morgan fingerprint density at radius 3 is 2.41 bits per heavy atom. The highest BCUT2D eigenvalue weighted by Crippen LogP contribution is 2.27. The van der Waals surface area contributed by atoms with E-state index in [0.29, 0.717) is 0 Å². The Kier molecular flexibility index (Phi) is 5.86. The Balaban J connectivity index is 2.10. The van der Waals surface area contributed by atoms with Crippen LogP contribution in [0.4, 0.5) is 11.4 Å². The molecule has 1 unspecified atom stereocenters. The number of thiazole rings is 1. The molecule has 0 fully saturated rings. The Morgan fingerprint density at radius 1 is 1.15 bits per heavy atom. The fraction of sp³-hybridized carbons (Fsp3) is 0.286. The van der Waals surface area contributed by atoms with Gasteiger partial charge in [0.2, 0.25) is 0 Å². The minimum absolute atomic E-state index is 0.103. The molecular formula is C21H23N3O2S. The molecule has 0 saturated heterocycles. The van der Waals surface area contributed by atoms with E-state index in [4.69, 9.17) is 4.99 Å². The number of benzene rings is 2. The van der Waals surface area contributed by atoms with Crippen molar-refractivity contribution in [2.24, 2.45) is 4.99 Å². The van der Waals surface area contributed by atoms with Gasteiger partial charge in [0.15, 0.2) is 4.80 Å². The Hall–Kier alpha value is -2.73. The highest BCUT2D eigenvalue weighted by atomic mass is 32.1. The first-order chi connectivity index (χ1) is 13.0. The average molecular weight is 382 g/mol. The van der Waals surface area contributed by atoms with Crippen molar-refractivity contribution in [1.82, 2.24) is 4.57 Å². The molecule has 0 N–H and O–H groups in total. The molecule has 5 nitrogen and oxygen atoms in total. The van der Waals surface area contributed by atoms with Gasteiger partial charge >= 0.3 is 0 Å². The summed E-state index contributed by atoms with van der Waals surface area (Å²) in [5.41, 5.74) is 4.24. The number of nitro benzene ring substituents is 1. The zero-order valence-electron chi connectivity index (χ0n) is 15.8. The standard InChI is InChI=1S/C21H23N3O2S/c1-4-5-16(3)23-20(17-8-12-19(13-9-17)24(25)26)14-27-21(23)22-18-10-6-15(2)7-11-18/h6-14,16H,4-5H2,1-3H3. The van der Waals surface area contributed by atoms with E-state index in [-0.39, 0.29) is 16.7 Å². The molecule has 1 atom stereocenters. The van der Waals surface area contributed by atoms with E-state index in [1.807, 2.05) is 24.3 Å². The number of nitro groups is 1. The van der Waals surface area contributed by atoms with Crippen LogP contribution >= 0.6 is 11.3 Å². The molecule has 1 heterocycles. The summed E-state index contributed by atoms with van der Waals surface area (Å²) in [5.74, 6) is 0. The van der Waals surface area contributed by atoms with Gasteiger partial charge in [-0.1, -0.05) is 31.0 Å². The summed E-state index contributed by atoms with van der Waals surface area (Å²) in [6.45, 7) is 6.43. The first-order valence-corrected chi connectivity index (χ1v) is 9.93. The van der Waals surface area contributed by atoms with Crippen molar-refractivity contribution >= 4 is 22.7 Å². The van der Waals surface area contributed by atoms with Gasteiger partial charge in [0.05, 0.1) is 16.3 Å². The zero-order chi connectivity index (χ0) is 19.4. The number of nitrogens with zero attached hydrogens (tertiary/aromatic N) is 3. The molecule has 6 heteroatoms. The van der Waals surface area contributed by atoms with Crippen molar-refractivity contribution in [2.45, 2.75) is 39.7 Å². The van der Waals surface area contributed by atoms with E-state index in [2.05, 4.69) is 42.9 Å². The topological polar surface area (TPSA) is 60.4 Å². The Labute approximate surface area is 162 Å². The molecule has 27 heavy (non-hydrogen) atoms. The SMILES string of the molecule is CCCC(C)n1c(-c2ccc([N+](=O)[O-])cc2)csc1=Nc1ccc(C)cc1. The van der Waals surface area contributed by atoms with Crippen molar-refractivity contribution in [3.63, 3.8) is 0 Å². The van der Waals surface area contributed by atoms with Gasteiger partial charge in [0.1, 0.15) is 0 Å². The van der Waals surface area contributed by atoms with Crippen LogP contribution in [0.2, 0.25) is 0 Å². The molecule has 0 amide bonds. The van der Waals surface area contributed by atoms with Crippen molar-refractivity contribution in [3.05, 3.63) is 74.4 Å². The maximum absolute atomic E-state index is 10.9. The first kappa shape index (κ1) is 19.0. The number of hydrogen-bond donors (Lipinski definition) is 0.